The van der Waals surface area contributed by atoms with Crippen LogP contribution in [0.4, 0.5) is 13.2 Å². The highest BCUT2D eigenvalue weighted by atomic mass is 19.2. The summed E-state index contributed by atoms with van der Waals surface area (Å²) in [6.07, 6.45) is 8.40. The Balaban J connectivity index is 1.61. The van der Waals surface area contributed by atoms with Crippen molar-refractivity contribution in [2.24, 2.45) is 5.92 Å². The Kier molecular flexibility index (Phi) is 6.81. The molecule has 146 valence electrons. The number of ether oxygens (including phenoxy) is 1. The normalized spacial score (nSPS) is 19.9. The van der Waals surface area contributed by atoms with E-state index >= 15 is 0 Å². The van der Waals surface area contributed by atoms with Gasteiger partial charge in [-0.3, -0.25) is 0 Å². The van der Waals surface area contributed by atoms with Gasteiger partial charge in [0.2, 0.25) is 0 Å². The van der Waals surface area contributed by atoms with E-state index in [1.807, 2.05) is 6.07 Å². The molecule has 3 rings (SSSR count). The molecular weight excluding hydrogens is 349 g/mol. The van der Waals surface area contributed by atoms with Crippen molar-refractivity contribution in [3.63, 3.8) is 0 Å². The Morgan fingerprint density at radius 1 is 0.926 bits per heavy atom. The third-order valence-corrected chi connectivity index (χ3v) is 5.57. The minimum atomic E-state index is -0.907. The summed E-state index contributed by atoms with van der Waals surface area (Å²) in [7, 11) is 0. The molecule has 4 heteroatoms. The number of halogens is 3. The summed E-state index contributed by atoms with van der Waals surface area (Å²) >= 11 is 0. The van der Waals surface area contributed by atoms with Crippen LogP contribution in [0.5, 0.6) is 5.75 Å². The number of benzene rings is 2. The molecule has 2 aromatic carbocycles. The molecule has 0 spiro atoms. The number of rotatable bonds is 7. The maximum Gasteiger partial charge on any atom is 0.159 e. The first-order valence-electron chi connectivity index (χ1n) is 9.92. The predicted octanol–water partition coefficient (Wildman–Crippen LogP) is 7.15. The van der Waals surface area contributed by atoms with E-state index < -0.39 is 11.6 Å². The first-order chi connectivity index (χ1) is 13.0. The van der Waals surface area contributed by atoms with E-state index in [0.29, 0.717) is 17.2 Å². The van der Waals surface area contributed by atoms with E-state index in [9.17, 15) is 13.2 Å². The predicted molar refractivity (Wildman–Crippen MR) is 101 cm³/mol. The Labute approximate surface area is 159 Å². The van der Waals surface area contributed by atoms with Gasteiger partial charge in [-0.1, -0.05) is 32.3 Å². The minimum absolute atomic E-state index is 0.0733. The summed E-state index contributed by atoms with van der Waals surface area (Å²) in [4.78, 5) is 0. The summed E-state index contributed by atoms with van der Waals surface area (Å²) < 4.78 is 46.0. The summed E-state index contributed by atoms with van der Waals surface area (Å²) in [5.41, 5.74) is 1.49. The highest BCUT2D eigenvalue weighted by Gasteiger charge is 2.23. The Bertz CT molecular complexity index is 751. The summed E-state index contributed by atoms with van der Waals surface area (Å²) in [5, 5.41) is 0. The van der Waals surface area contributed by atoms with Crippen LogP contribution in [0.1, 0.15) is 68.9 Å². The van der Waals surface area contributed by atoms with E-state index in [0.717, 1.165) is 36.5 Å². The largest absolute Gasteiger partial charge is 0.489 e. The third kappa shape index (κ3) is 5.50. The molecule has 1 saturated carbocycles. The first-order valence-corrected chi connectivity index (χ1v) is 9.92. The molecular formula is C23H27F3O. The summed E-state index contributed by atoms with van der Waals surface area (Å²) in [6, 6.07) is 8.48. The van der Waals surface area contributed by atoms with Gasteiger partial charge in [0, 0.05) is 6.07 Å². The van der Waals surface area contributed by atoms with Gasteiger partial charge in [-0.25, -0.2) is 13.2 Å². The molecule has 0 aromatic heterocycles. The van der Waals surface area contributed by atoms with Crippen LogP contribution in [0.15, 0.2) is 36.4 Å². The fourth-order valence-electron chi connectivity index (χ4n) is 3.98. The van der Waals surface area contributed by atoms with Crippen LogP contribution < -0.4 is 4.74 Å². The van der Waals surface area contributed by atoms with Gasteiger partial charge in [-0.2, -0.15) is 0 Å². The summed E-state index contributed by atoms with van der Waals surface area (Å²) in [6.45, 7) is 2.30. The van der Waals surface area contributed by atoms with Gasteiger partial charge in [0.05, 0.1) is 0 Å². The fraction of sp³-hybridized carbons (Fsp3) is 0.478. The third-order valence-electron chi connectivity index (χ3n) is 5.57. The van der Waals surface area contributed by atoms with E-state index in [1.165, 1.54) is 44.2 Å². The van der Waals surface area contributed by atoms with Crippen LogP contribution in [0.2, 0.25) is 0 Å². The van der Waals surface area contributed by atoms with Crippen LogP contribution in [0.25, 0.3) is 0 Å². The molecule has 0 radical (unpaired) electrons. The van der Waals surface area contributed by atoms with Gasteiger partial charge in [0.15, 0.2) is 11.6 Å². The maximum absolute atomic E-state index is 14.1. The van der Waals surface area contributed by atoms with Crippen molar-refractivity contribution in [1.82, 2.24) is 0 Å². The van der Waals surface area contributed by atoms with Crippen molar-refractivity contribution < 1.29 is 17.9 Å². The molecule has 0 saturated heterocycles. The molecule has 0 aliphatic heterocycles. The average Bonchev–Trinajstić information content (AvgIpc) is 2.67. The highest BCUT2D eigenvalue weighted by Crippen LogP contribution is 2.39. The number of unbranched alkanes of at least 4 members (excludes halogenated alkanes) is 1. The lowest BCUT2D eigenvalue weighted by Gasteiger charge is -2.29. The number of hydrogen-bond acceptors (Lipinski definition) is 1. The SMILES string of the molecule is CCCCC1CCC(c2cc(F)cc(OCc3ccc(F)c(F)c3)c2)CC1. The van der Waals surface area contributed by atoms with Gasteiger partial charge < -0.3 is 4.74 Å². The summed E-state index contributed by atoms with van der Waals surface area (Å²) in [5.74, 6) is -0.510. The zero-order valence-corrected chi connectivity index (χ0v) is 15.8. The van der Waals surface area contributed by atoms with Gasteiger partial charge >= 0.3 is 0 Å². The van der Waals surface area contributed by atoms with Crippen molar-refractivity contribution >= 4 is 0 Å². The second kappa shape index (κ2) is 9.29. The molecule has 0 N–H and O–H groups in total. The van der Waals surface area contributed by atoms with Crippen molar-refractivity contribution in [2.75, 3.05) is 0 Å². The first kappa shape index (κ1) is 19.8. The van der Waals surface area contributed by atoms with E-state index in [2.05, 4.69) is 6.92 Å². The van der Waals surface area contributed by atoms with E-state index in [4.69, 9.17) is 4.74 Å². The molecule has 1 aliphatic rings. The highest BCUT2D eigenvalue weighted by molar-refractivity contribution is 5.32. The van der Waals surface area contributed by atoms with Crippen LogP contribution in [0.3, 0.4) is 0 Å². The zero-order chi connectivity index (χ0) is 19.2. The van der Waals surface area contributed by atoms with Crippen LogP contribution in [0, 0.1) is 23.4 Å². The monoisotopic (exact) mass is 376 g/mol. The van der Waals surface area contributed by atoms with Gasteiger partial charge in [0.25, 0.3) is 0 Å². The Morgan fingerprint density at radius 2 is 1.70 bits per heavy atom. The van der Waals surface area contributed by atoms with Gasteiger partial charge in [-0.15, -0.1) is 0 Å². The quantitative estimate of drug-likeness (QED) is 0.499. The molecule has 0 atom stereocenters. The Morgan fingerprint density at radius 3 is 2.41 bits per heavy atom. The molecule has 1 aliphatic carbocycles. The van der Waals surface area contributed by atoms with Crippen molar-refractivity contribution in [3.05, 3.63) is 65.0 Å². The second-order valence-electron chi connectivity index (χ2n) is 7.62. The maximum atomic E-state index is 14.1. The molecule has 2 aromatic rings. The smallest absolute Gasteiger partial charge is 0.159 e. The van der Waals surface area contributed by atoms with Crippen LogP contribution in [-0.4, -0.2) is 0 Å². The average molecular weight is 376 g/mol. The van der Waals surface area contributed by atoms with Gasteiger partial charge in [0.1, 0.15) is 18.2 Å². The Hall–Kier alpha value is -1.97. The molecule has 0 bridgehead atoms. The van der Waals surface area contributed by atoms with Crippen molar-refractivity contribution in [1.29, 1.82) is 0 Å². The molecule has 0 unspecified atom stereocenters. The minimum Gasteiger partial charge on any atom is -0.489 e. The van der Waals surface area contributed by atoms with Crippen molar-refractivity contribution in [2.45, 2.75) is 64.4 Å². The van der Waals surface area contributed by atoms with E-state index in [1.54, 1.807) is 6.07 Å². The second-order valence-corrected chi connectivity index (χ2v) is 7.62. The molecule has 0 heterocycles. The molecule has 0 amide bonds. The lowest BCUT2D eigenvalue weighted by Crippen LogP contribution is -2.13. The van der Waals surface area contributed by atoms with Crippen LogP contribution in [-0.2, 0) is 6.61 Å². The standard InChI is InChI=1S/C23H27F3O/c1-2-3-4-16-5-8-18(9-6-16)19-12-20(24)14-21(13-19)27-15-17-7-10-22(25)23(26)11-17/h7,10-14,16,18H,2-6,8-9,15H2,1H3. The lowest BCUT2D eigenvalue weighted by molar-refractivity contribution is 0.295. The van der Waals surface area contributed by atoms with Crippen molar-refractivity contribution in [3.8, 4) is 5.75 Å². The zero-order valence-electron chi connectivity index (χ0n) is 15.8. The fourth-order valence-corrected chi connectivity index (χ4v) is 3.98. The topological polar surface area (TPSA) is 9.23 Å². The lowest BCUT2D eigenvalue weighted by atomic mass is 9.77. The van der Waals surface area contributed by atoms with Crippen LogP contribution >= 0.6 is 0 Å². The molecule has 27 heavy (non-hydrogen) atoms. The molecule has 1 fully saturated rings. The van der Waals surface area contributed by atoms with E-state index in [-0.39, 0.29) is 12.4 Å². The number of hydrogen-bond donors (Lipinski definition) is 0. The molecule has 1 nitrogen and oxygen atoms in total. The van der Waals surface area contributed by atoms with Gasteiger partial charge in [-0.05, 0) is 72.9 Å².